The first-order chi connectivity index (χ1) is 12.8. The molecule has 0 bridgehead atoms. The van der Waals surface area contributed by atoms with E-state index >= 15 is 0 Å². The van der Waals surface area contributed by atoms with Gasteiger partial charge in [0.1, 0.15) is 6.54 Å². The second-order valence-corrected chi connectivity index (χ2v) is 6.42. The van der Waals surface area contributed by atoms with Crippen molar-refractivity contribution < 1.29 is 19.3 Å². The summed E-state index contributed by atoms with van der Waals surface area (Å²) in [6.07, 6.45) is 0. The van der Waals surface area contributed by atoms with Gasteiger partial charge in [-0.15, -0.1) is 0 Å². The maximum absolute atomic E-state index is 12.5. The summed E-state index contributed by atoms with van der Waals surface area (Å²) < 4.78 is 0. The highest BCUT2D eigenvalue weighted by Gasteiger charge is 2.38. The SMILES string of the molecule is Cc1ccc(CN(C)C(=O)CN2C(=O)c3ccc([N+](=O)[O-])cc3C2=O)cc1. The molecule has 0 radical (unpaired) electrons. The van der Waals surface area contributed by atoms with Gasteiger partial charge in [-0.25, -0.2) is 0 Å². The molecule has 1 aliphatic rings. The molecule has 138 valence electrons. The minimum absolute atomic E-state index is 0.0526. The average molecular weight is 367 g/mol. The first-order valence-electron chi connectivity index (χ1n) is 8.22. The lowest BCUT2D eigenvalue weighted by Gasteiger charge is -2.20. The van der Waals surface area contributed by atoms with Crippen molar-refractivity contribution in [2.45, 2.75) is 13.5 Å². The van der Waals surface area contributed by atoms with Crippen molar-refractivity contribution in [3.8, 4) is 0 Å². The molecule has 3 rings (SSSR count). The summed E-state index contributed by atoms with van der Waals surface area (Å²) in [4.78, 5) is 49.8. The van der Waals surface area contributed by atoms with Gasteiger partial charge < -0.3 is 4.90 Å². The van der Waals surface area contributed by atoms with Crippen LogP contribution in [0.3, 0.4) is 0 Å². The van der Waals surface area contributed by atoms with Crippen LogP contribution >= 0.6 is 0 Å². The smallest absolute Gasteiger partial charge is 0.270 e. The van der Waals surface area contributed by atoms with Crippen molar-refractivity contribution in [3.63, 3.8) is 0 Å². The molecule has 0 fully saturated rings. The van der Waals surface area contributed by atoms with Crippen LogP contribution in [0.1, 0.15) is 31.8 Å². The molecule has 0 spiro atoms. The van der Waals surface area contributed by atoms with Crippen molar-refractivity contribution in [1.29, 1.82) is 0 Å². The molecule has 0 aliphatic carbocycles. The Hall–Kier alpha value is -3.55. The molecule has 2 aromatic carbocycles. The zero-order valence-electron chi connectivity index (χ0n) is 14.8. The van der Waals surface area contributed by atoms with E-state index in [0.29, 0.717) is 6.54 Å². The molecule has 2 aromatic rings. The van der Waals surface area contributed by atoms with E-state index in [1.165, 1.54) is 17.0 Å². The van der Waals surface area contributed by atoms with Crippen LogP contribution in [0.4, 0.5) is 5.69 Å². The minimum Gasteiger partial charge on any atom is -0.340 e. The third-order valence-electron chi connectivity index (χ3n) is 4.42. The highest BCUT2D eigenvalue weighted by Crippen LogP contribution is 2.26. The Morgan fingerprint density at radius 3 is 2.33 bits per heavy atom. The van der Waals surface area contributed by atoms with Gasteiger partial charge in [0.05, 0.1) is 16.1 Å². The number of nitro groups is 1. The Labute approximate surface area is 155 Å². The second kappa shape index (κ2) is 6.99. The fourth-order valence-corrected chi connectivity index (χ4v) is 2.85. The van der Waals surface area contributed by atoms with Gasteiger partial charge in [-0.05, 0) is 18.6 Å². The van der Waals surface area contributed by atoms with Crippen molar-refractivity contribution >= 4 is 23.4 Å². The fraction of sp³-hybridized carbons (Fsp3) is 0.211. The number of amides is 3. The summed E-state index contributed by atoms with van der Waals surface area (Å²) in [5, 5.41) is 10.9. The predicted molar refractivity (Wildman–Crippen MR) is 96.1 cm³/mol. The lowest BCUT2D eigenvalue weighted by atomic mass is 10.1. The first-order valence-corrected chi connectivity index (χ1v) is 8.22. The topological polar surface area (TPSA) is 101 Å². The molecule has 0 N–H and O–H groups in total. The molecule has 8 nitrogen and oxygen atoms in total. The van der Waals surface area contributed by atoms with E-state index in [4.69, 9.17) is 0 Å². The lowest BCUT2D eigenvalue weighted by Crippen LogP contribution is -2.40. The number of fused-ring (bicyclic) bond motifs is 1. The molecular weight excluding hydrogens is 350 g/mol. The summed E-state index contributed by atoms with van der Waals surface area (Å²) in [6.45, 7) is 1.89. The van der Waals surface area contributed by atoms with Gasteiger partial charge >= 0.3 is 0 Å². The Kier molecular flexibility index (Phi) is 4.72. The molecule has 0 atom stereocenters. The number of non-ortho nitro benzene ring substituents is 1. The average Bonchev–Trinajstić information content (AvgIpc) is 2.88. The van der Waals surface area contributed by atoms with E-state index in [1.54, 1.807) is 7.05 Å². The summed E-state index contributed by atoms with van der Waals surface area (Å²) in [6, 6.07) is 11.2. The van der Waals surface area contributed by atoms with Crippen LogP contribution < -0.4 is 0 Å². The van der Waals surface area contributed by atoms with E-state index in [0.717, 1.165) is 22.1 Å². The van der Waals surface area contributed by atoms with Crippen molar-refractivity contribution in [2.75, 3.05) is 13.6 Å². The number of carbonyl (C=O) groups excluding carboxylic acids is 3. The molecule has 0 saturated heterocycles. The maximum Gasteiger partial charge on any atom is 0.270 e. The van der Waals surface area contributed by atoms with Gasteiger partial charge in [-0.3, -0.25) is 29.4 Å². The van der Waals surface area contributed by atoms with Gasteiger partial charge in [-0.1, -0.05) is 29.8 Å². The second-order valence-electron chi connectivity index (χ2n) is 6.42. The van der Waals surface area contributed by atoms with Crippen LogP contribution in [0.25, 0.3) is 0 Å². The predicted octanol–water partition coefficient (Wildman–Crippen LogP) is 2.16. The van der Waals surface area contributed by atoms with Crippen molar-refractivity contribution in [2.24, 2.45) is 0 Å². The summed E-state index contributed by atoms with van der Waals surface area (Å²) in [7, 11) is 1.59. The lowest BCUT2D eigenvalue weighted by molar-refractivity contribution is -0.384. The van der Waals surface area contributed by atoms with Gasteiger partial charge in [0, 0.05) is 25.7 Å². The summed E-state index contributed by atoms with van der Waals surface area (Å²) in [5.74, 6) is -1.72. The minimum atomic E-state index is -0.698. The Bertz CT molecular complexity index is 952. The number of rotatable bonds is 5. The molecule has 0 saturated carbocycles. The highest BCUT2D eigenvalue weighted by atomic mass is 16.6. The largest absolute Gasteiger partial charge is 0.340 e. The van der Waals surface area contributed by atoms with Crippen LogP contribution in [0.5, 0.6) is 0 Å². The monoisotopic (exact) mass is 367 g/mol. The molecule has 27 heavy (non-hydrogen) atoms. The van der Waals surface area contributed by atoms with Gasteiger partial charge in [0.2, 0.25) is 5.91 Å². The number of hydrogen-bond acceptors (Lipinski definition) is 5. The highest BCUT2D eigenvalue weighted by molar-refractivity contribution is 6.22. The molecule has 0 unspecified atom stereocenters. The number of nitro benzene ring substituents is 1. The van der Waals surface area contributed by atoms with Crippen LogP contribution in [0.2, 0.25) is 0 Å². The standard InChI is InChI=1S/C19H17N3O5/c1-12-3-5-13(6-4-12)10-20(2)17(23)11-21-18(24)15-8-7-14(22(26)27)9-16(15)19(21)25/h3-9H,10-11H2,1-2H3. The van der Waals surface area contributed by atoms with Gasteiger partial charge in [0.25, 0.3) is 17.5 Å². The first kappa shape index (κ1) is 18.2. The fourth-order valence-electron chi connectivity index (χ4n) is 2.85. The van der Waals surface area contributed by atoms with Crippen LogP contribution in [-0.2, 0) is 11.3 Å². The normalized spacial score (nSPS) is 12.9. The third kappa shape index (κ3) is 3.55. The Morgan fingerprint density at radius 2 is 1.70 bits per heavy atom. The van der Waals surface area contributed by atoms with Crippen molar-refractivity contribution in [3.05, 3.63) is 74.8 Å². The number of imide groups is 1. The summed E-state index contributed by atoms with van der Waals surface area (Å²) >= 11 is 0. The molecule has 3 amide bonds. The number of aryl methyl sites for hydroxylation is 1. The third-order valence-corrected chi connectivity index (χ3v) is 4.42. The van der Waals surface area contributed by atoms with Crippen LogP contribution in [0, 0.1) is 17.0 Å². The zero-order chi connectivity index (χ0) is 19.7. The zero-order valence-corrected chi connectivity index (χ0v) is 14.8. The van der Waals surface area contributed by atoms with Gasteiger partial charge in [0.15, 0.2) is 0 Å². The van der Waals surface area contributed by atoms with E-state index < -0.39 is 29.2 Å². The maximum atomic E-state index is 12.5. The molecule has 1 aliphatic heterocycles. The Morgan fingerprint density at radius 1 is 1.07 bits per heavy atom. The number of carbonyl (C=O) groups is 3. The van der Waals surface area contributed by atoms with Crippen LogP contribution in [-0.4, -0.2) is 46.0 Å². The molecular formula is C19H17N3O5. The van der Waals surface area contributed by atoms with Crippen molar-refractivity contribution in [1.82, 2.24) is 9.80 Å². The summed E-state index contributed by atoms with van der Waals surface area (Å²) in [5.41, 5.74) is 1.77. The van der Waals surface area contributed by atoms with E-state index in [2.05, 4.69) is 0 Å². The number of likely N-dealkylation sites (N-methyl/N-ethyl adjacent to an activating group) is 1. The quantitative estimate of drug-likeness (QED) is 0.458. The molecule has 1 heterocycles. The Balaban J connectivity index is 1.72. The van der Waals surface area contributed by atoms with E-state index in [9.17, 15) is 24.5 Å². The van der Waals surface area contributed by atoms with Crippen LogP contribution in [0.15, 0.2) is 42.5 Å². The number of nitrogens with zero attached hydrogens (tertiary/aromatic N) is 3. The molecule has 8 heteroatoms. The number of hydrogen-bond donors (Lipinski definition) is 0. The number of benzene rings is 2. The van der Waals surface area contributed by atoms with Gasteiger partial charge in [-0.2, -0.15) is 0 Å². The molecule has 0 aromatic heterocycles. The van der Waals surface area contributed by atoms with E-state index in [1.807, 2.05) is 31.2 Å². The van der Waals surface area contributed by atoms with E-state index in [-0.39, 0.29) is 16.8 Å².